The maximum Gasteiger partial charge on any atom is 0.223 e. The van der Waals surface area contributed by atoms with Gasteiger partial charge in [0.1, 0.15) is 0 Å². The first kappa shape index (κ1) is 13.9. The summed E-state index contributed by atoms with van der Waals surface area (Å²) >= 11 is 0. The van der Waals surface area contributed by atoms with Crippen LogP contribution < -0.4 is 5.32 Å². The smallest absolute Gasteiger partial charge is 0.223 e. The quantitative estimate of drug-likeness (QED) is 0.787. The van der Waals surface area contributed by atoms with E-state index in [4.69, 9.17) is 0 Å². The largest absolute Gasteiger partial charge is 0.356 e. The van der Waals surface area contributed by atoms with Gasteiger partial charge in [-0.05, 0) is 50.6 Å². The molecule has 1 N–H and O–H groups in total. The Morgan fingerprint density at radius 2 is 2.11 bits per heavy atom. The van der Waals surface area contributed by atoms with Crippen LogP contribution in [0.1, 0.15) is 52.4 Å². The maximum atomic E-state index is 12.2. The highest BCUT2D eigenvalue weighted by molar-refractivity contribution is 5.80. The fraction of sp³-hybridized carbons (Fsp3) is 0.933. The van der Waals surface area contributed by atoms with Crippen molar-refractivity contribution in [3.63, 3.8) is 0 Å². The van der Waals surface area contributed by atoms with Gasteiger partial charge < -0.3 is 10.2 Å². The maximum absolute atomic E-state index is 12.2. The van der Waals surface area contributed by atoms with Gasteiger partial charge in [-0.3, -0.25) is 4.79 Å². The van der Waals surface area contributed by atoms with Crippen LogP contribution >= 0.6 is 0 Å². The van der Waals surface area contributed by atoms with Gasteiger partial charge in [-0.1, -0.05) is 20.3 Å². The number of nitrogens with zero attached hydrogens (tertiary/aromatic N) is 1. The first-order chi connectivity index (χ1) is 8.72. The molecule has 0 aromatic carbocycles. The molecular weight excluding hydrogens is 224 g/mol. The van der Waals surface area contributed by atoms with E-state index in [1.807, 2.05) is 0 Å². The van der Waals surface area contributed by atoms with E-state index in [9.17, 15) is 4.79 Å². The predicted octanol–water partition coefficient (Wildman–Crippen LogP) is 2.41. The zero-order valence-corrected chi connectivity index (χ0v) is 12.0. The van der Waals surface area contributed by atoms with Crippen molar-refractivity contribution >= 4 is 5.91 Å². The van der Waals surface area contributed by atoms with Crippen molar-refractivity contribution in [3.05, 3.63) is 0 Å². The summed E-state index contributed by atoms with van der Waals surface area (Å²) in [6.07, 6.45) is 7.19. The fourth-order valence-electron chi connectivity index (χ4n) is 3.27. The third-order valence-electron chi connectivity index (χ3n) is 4.60. The lowest BCUT2D eigenvalue weighted by Gasteiger charge is -2.38. The molecule has 0 radical (unpaired) electrons. The predicted molar refractivity (Wildman–Crippen MR) is 74.4 cm³/mol. The van der Waals surface area contributed by atoms with Crippen LogP contribution in [0, 0.1) is 11.3 Å². The number of piperidine rings is 1. The van der Waals surface area contributed by atoms with Gasteiger partial charge in [0.2, 0.25) is 5.91 Å². The van der Waals surface area contributed by atoms with Crippen LogP contribution in [0.2, 0.25) is 0 Å². The molecule has 1 spiro atoms. The molecule has 1 saturated heterocycles. The molecule has 0 aromatic rings. The van der Waals surface area contributed by atoms with Crippen molar-refractivity contribution in [1.29, 1.82) is 0 Å². The normalized spacial score (nSPS) is 26.2. The minimum atomic E-state index is 0.293. The number of hydrogen-bond donors (Lipinski definition) is 1. The van der Waals surface area contributed by atoms with E-state index >= 15 is 0 Å². The SMILES string of the molecule is CCCCN1CCC(C(=O)NCCC)C2(CC2)C1. The summed E-state index contributed by atoms with van der Waals surface area (Å²) < 4.78 is 0. The lowest BCUT2D eigenvalue weighted by Crippen LogP contribution is -2.48. The molecule has 104 valence electrons. The number of carbonyl (C=O) groups excluding carboxylic acids is 1. The number of likely N-dealkylation sites (tertiary alicyclic amines) is 1. The molecule has 1 aliphatic carbocycles. The lowest BCUT2D eigenvalue weighted by molar-refractivity contribution is -0.129. The van der Waals surface area contributed by atoms with Crippen molar-refractivity contribution < 1.29 is 4.79 Å². The minimum absolute atomic E-state index is 0.293. The lowest BCUT2D eigenvalue weighted by atomic mass is 9.81. The highest BCUT2D eigenvalue weighted by Gasteiger charge is 2.54. The summed E-state index contributed by atoms with van der Waals surface area (Å²) in [5.41, 5.74) is 0.351. The van der Waals surface area contributed by atoms with Crippen molar-refractivity contribution in [2.24, 2.45) is 11.3 Å². The number of unbranched alkanes of at least 4 members (excludes halogenated alkanes) is 1. The molecule has 0 bridgehead atoms. The van der Waals surface area contributed by atoms with E-state index in [-0.39, 0.29) is 0 Å². The Labute approximate surface area is 111 Å². The van der Waals surface area contributed by atoms with Gasteiger partial charge in [0.25, 0.3) is 0 Å². The molecule has 2 rings (SSSR count). The van der Waals surface area contributed by atoms with E-state index in [2.05, 4.69) is 24.1 Å². The van der Waals surface area contributed by atoms with Crippen molar-refractivity contribution in [1.82, 2.24) is 10.2 Å². The van der Waals surface area contributed by atoms with Gasteiger partial charge in [-0.2, -0.15) is 0 Å². The molecule has 2 fully saturated rings. The Bertz CT molecular complexity index is 286. The highest BCUT2D eigenvalue weighted by Crippen LogP contribution is 2.55. The fourth-order valence-corrected chi connectivity index (χ4v) is 3.27. The topological polar surface area (TPSA) is 32.3 Å². The Kier molecular flexibility index (Phi) is 4.66. The highest BCUT2D eigenvalue weighted by atomic mass is 16.1. The van der Waals surface area contributed by atoms with Crippen molar-refractivity contribution in [2.75, 3.05) is 26.2 Å². The third kappa shape index (κ3) is 3.05. The third-order valence-corrected chi connectivity index (χ3v) is 4.60. The molecule has 3 heteroatoms. The molecule has 18 heavy (non-hydrogen) atoms. The van der Waals surface area contributed by atoms with E-state index in [0.717, 1.165) is 32.5 Å². The molecule has 1 saturated carbocycles. The molecule has 1 unspecified atom stereocenters. The van der Waals surface area contributed by atoms with Gasteiger partial charge >= 0.3 is 0 Å². The van der Waals surface area contributed by atoms with Crippen molar-refractivity contribution in [3.8, 4) is 0 Å². The van der Waals surface area contributed by atoms with Crippen LogP contribution in [0.4, 0.5) is 0 Å². The number of nitrogens with one attached hydrogen (secondary N) is 1. The van der Waals surface area contributed by atoms with Gasteiger partial charge in [-0.15, -0.1) is 0 Å². The zero-order valence-electron chi connectivity index (χ0n) is 12.0. The Morgan fingerprint density at radius 1 is 1.33 bits per heavy atom. The number of amides is 1. The van der Waals surface area contributed by atoms with E-state index in [1.54, 1.807) is 0 Å². The summed E-state index contributed by atoms with van der Waals surface area (Å²) in [5.74, 6) is 0.617. The van der Waals surface area contributed by atoms with E-state index in [0.29, 0.717) is 17.2 Å². The monoisotopic (exact) mass is 252 g/mol. The van der Waals surface area contributed by atoms with Crippen LogP contribution in [0.25, 0.3) is 0 Å². The molecule has 1 aliphatic heterocycles. The van der Waals surface area contributed by atoms with Crippen molar-refractivity contribution in [2.45, 2.75) is 52.4 Å². The van der Waals surface area contributed by atoms with Crippen LogP contribution in [-0.2, 0) is 4.79 Å². The first-order valence-electron chi connectivity index (χ1n) is 7.72. The zero-order chi connectivity index (χ0) is 13.0. The average molecular weight is 252 g/mol. The molecule has 1 atom stereocenters. The first-order valence-corrected chi connectivity index (χ1v) is 7.72. The summed E-state index contributed by atoms with van der Waals surface area (Å²) in [7, 11) is 0. The molecule has 3 nitrogen and oxygen atoms in total. The second-order valence-electron chi connectivity index (χ2n) is 6.12. The van der Waals surface area contributed by atoms with E-state index in [1.165, 1.54) is 32.2 Å². The number of carbonyl (C=O) groups is 1. The summed E-state index contributed by atoms with van der Waals surface area (Å²) in [6.45, 7) is 8.70. The standard InChI is InChI=1S/C15H28N2O/c1-3-5-10-17-11-6-13(14(18)16-9-4-2)15(12-17)7-8-15/h13H,3-12H2,1-2H3,(H,16,18). The molecule has 2 aliphatic rings. The Hall–Kier alpha value is -0.570. The van der Waals surface area contributed by atoms with Gasteiger partial charge in [-0.25, -0.2) is 0 Å². The Morgan fingerprint density at radius 3 is 2.72 bits per heavy atom. The molecule has 1 heterocycles. The Balaban J connectivity index is 1.86. The average Bonchev–Trinajstić information content (AvgIpc) is 3.13. The second kappa shape index (κ2) is 6.05. The van der Waals surface area contributed by atoms with Gasteiger partial charge in [0.15, 0.2) is 0 Å². The van der Waals surface area contributed by atoms with Gasteiger partial charge in [0.05, 0.1) is 0 Å². The molecular formula is C15H28N2O. The van der Waals surface area contributed by atoms with Gasteiger partial charge in [0, 0.05) is 19.0 Å². The summed E-state index contributed by atoms with van der Waals surface area (Å²) in [4.78, 5) is 14.8. The van der Waals surface area contributed by atoms with E-state index < -0.39 is 0 Å². The molecule has 1 amide bonds. The van der Waals surface area contributed by atoms with Crippen LogP contribution in [0.3, 0.4) is 0 Å². The number of rotatable bonds is 6. The van der Waals surface area contributed by atoms with Crippen LogP contribution in [0.5, 0.6) is 0 Å². The second-order valence-corrected chi connectivity index (χ2v) is 6.12. The molecule has 0 aromatic heterocycles. The number of hydrogen-bond acceptors (Lipinski definition) is 2. The minimum Gasteiger partial charge on any atom is -0.356 e. The summed E-state index contributed by atoms with van der Waals surface area (Å²) in [6, 6.07) is 0. The van der Waals surface area contributed by atoms with Crippen LogP contribution in [0.15, 0.2) is 0 Å². The summed E-state index contributed by atoms with van der Waals surface area (Å²) in [5, 5.41) is 3.10. The van der Waals surface area contributed by atoms with Crippen LogP contribution in [-0.4, -0.2) is 37.0 Å².